The summed E-state index contributed by atoms with van der Waals surface area (Å²) < 4.78 is 9.46. The van der Waals surface area contributed by atoms with Crippen molar-refractivity contribution in [2.24, 2.45) is 0 Å². The van der Waals surface area contributed by atoms with E-state index in [1.807, 2.05) is 11.3 Å². The maximum atomic E-state index is 6.90. The van der Waals surface area contributed by atoms with Crippen LogP contribution in [0.3, 0.4) is 0 Å². The minimum absolute atomic E-state index is 0.875. The highest BCUT2D eigenvalue weighted by Crippen LogP contribution is 2.48. The van der Waals surface area contributed by atoms with Gasteiger partial charge >= 0.3 is 0 Å². The van der Waals surface area contributed by atoms with Crippen LogP contribution in [0, 0.1) is 0 Å². The summed E-state index contributed by atoms with van der Waals surface area (Å²) in [5.74, 6) is 0. The summed E-state index contributed by atoms with van der Waals surface area (Å²) in [5.41, 5.74) is 9.84. The maximum Gasteiger partial charge on any atom is 0.143 e. The highest BCUT2D eigenvalue weighted by atomic mass is 32.1. The summed E-state index contributed by atoms with van der Waals surface area (Å²) in [4.78, 5) is 2.41. The second-order valence-corrected chi connectivity index (χ2v) is 14.7. The predicted octanol–water partition coefficient (Wildman–Crippen LogP) is 15.1. The standard InChI is InChI=1S/C50H31NOS/c1-2-12-32(13-3-1)33-24-26-36(27-25-33)51(45-22-11-21-42-40-19-8-9-23-47(40)53-50(42)45)37-28-29-46-43(31-37)44-30-35-15-5-7-18-39(35)48(49(44)52-46)41-20-10-16-34-14-4-6-17-38(34)41/h1-31H. The van der Waals surface area contributed by atoms with E-state index in [0.717, 1.165) is 44.6 Å². The summed E-state index contributed by atoms with van der Waals surface area (Å²) in [6.45, 7) is 0. The monoisotopic (exact) mass is 693 g/mol. The quantitative estimate of drug-likeness (QED) is 0.178. The van der Waals surface area contributed by atoms with E-state index in [0.29, 0.717) is 0 Å². The summed E-state index contributed by atoms with van der Waals surface area (Å²) in [6, 6.07) is 67.8. The van der Waals surface area contributed by atoms with Crippen molar-refractivity contribution in [1.82, 2.24) is 0 Å². The number of nitrogens with zero attached hydrogens (tertiary/aromatic N) is 1. The number of thiophene rings is 1. The molecule has 0 radical (unpaired) electrons. The van der Waals surface area contributed by atoms with Gasteiger partial charge in [-0.2, -0.15) is 0 Å². The minimum Gasteiger partial charge on any atom is -0.455 e. The van der Waals surface area contributed by atoms with Crippen molar-refractivity contribution < 1.29 is 4.42 Å². The molecular formula is C50H31NOS. The molecule has 2 nitrogen and oxygen atoms in total. The van der Waals surface area contributed by atoms with Crippen molar-refractivity contribution in [2.75, 3.05) is 4.90 Å². The molecule has 0 aliphatic heterocycles. The molecule has 2 aromatic heterocycles. The molecule has 11 rings (SSSR count). The smallest absolute Gasteiger partial charge is 0.143 e. The van der Waals surface area contributed by atoms with Crippen LogP contribution in [0.2, 0.25) is 0 Å². The molecule has 0 atom stereocenters. The lowest BCUT2D eigenvalue weighted by molar-refractivity contribution is 0.670. The molecule has 0 aliphatic carbocycles. The average Bonchev–Trinajstić information content (AvgIpc) is 3.79. The highest BCUT2D eigenvalue weighted by molar-refractivity contribution is 7.26. The lowest BCUT2D eigenvalue weighted by atomic mass is 9.92. The van der Waals surface area contributed by atoms with Crippen LogP contribution in [0.15, 0.2) is 192 Å². The number of rotatable bonds is 5. The summed E-state index contributed by atoms with van der Waals surface area (Å²) in [7, 11) is 0. The number of fused-ring (bicyclic) bond motifs is 8. The zero-order valence-corrected chi connectivity index (χ0v) is 29.5. The first-order valence-corrected chi connectivity index (χ1v) is 18.8. The van der Waals surface area contributed by atoms with Crippen LogP contribution in [-0.2, 0) is 0 Å². The van der Waals surface area contributed by atoms with Crippen molar-refractivity contribution in [3.63, 3.8) is 0 Å². The van der Waals surface area contributed by atoms with Gasteiger partial charge in [-0.25, -0.2) is 0 Å². The molecule has 53 heavy (non-hydrogen) atoms. The number of anilines is 3. The minimum atomic E-state index is 0.875. The van der Waals surface area contributed by atoms with Crippen LogP contribution in [0.5, 0.6) is 0 Å². The van der Waals surface area contributed by atoms with E-state index in [2.05, 4.69) is 193 Å². The van der Waals surface area contributed by atoms with Crippen molar-refractivity contribution >= 4 is 92.1 Å². The van der Waals surface area contributed by atoms with Crippen molar-refractivity contribution in [3.05, 3.63) is 188 Å². The van der Waals surface area contributed by atoms with Gasteiger partial charge in [-0.15, -0.1) is 11.3 Å². The molecule has 248 valence electrons. The number of hydrogen-bond acceptors (Lipinski definition) is 3. The van der Waals surface area contributed by atoms with E-state index >= 15 is 0 Å². The Labute approximate surface area is 310 Å². The molecule has 0 saturated carbocycles. The first-order chi connectivity index (χ1) is 26.3. The molecule has 2 heterocycles. The Morgan fingerprint density at radius 3 is 1.94 bits per heavy atom. The molecule has 3 heteroatoms. The topological polar surface area (TPSA) is 16.4 Å². The van der Waals surface area contributed by atoms with Crippen LogP contribution in [-0.4, -0.2) is 0 Å². The zero-order chi connectivity index (χ0) is 34.9. The van der Waals surface area contributed by atoms with Crippen LogP contribution in [0.1, 0.15) is 0 Å². The van der Waals surface area contributed by atoms with Crippen LogP contribution >= 0.6 is 11.3 Å². The van der Waals surface area contributed by atoms with Crippen LogP contribution in [0.25, 0.3) is 85.9 Å². The Bertz CT molecular complexity index is 3170. The van der Waals surface area contributed by atoms with Crippen molar-refractivity contribution in [3.8, 4) is 22.3 Å². The first kappa shape index (κ1) is 30.0. The van der Waals surface area contributed by atoms with Crippen molar-refractivity contribution in [1.29, 1.82) is 0 Å². The molecule has 9 aromatic carbocycles. The Morgan fingerprint density at radius 1 is 0.415 bits per heavy atom. The summed E-state index contributed by atoms with van der Waals surface area (Å²) >= 11 is 1.86. The molecule has 0 unspecified atom stereocenters. The zero-order valence-electron chi connectivity index (χ0n) is 28.7. The second-order valence-electron chi connectivity index (χ2n) is 13.7. The molecule has 0 bridgehead atoms. The fraction of sp³-hybridized carbons (Fsp3) is 0. The molecule has 0 spiro atoms. The molecule has 0 amide bonds. The van der Waals surface area contributed by atoms with E-state index in [-0.39, 0.29) is 0 Å². The molecule has 0 fully saturated rings. The predicted molar refractivity (Wildman–Crippen MR) is 227 cm³/mol. The molecule has 0 saturated heterocycles. The molecule has 0 aliphatic rings. The normalized spacial score (nSPS) is 11.8. The average molecular weight is 694 g/mol. The van der Waals surface area contributed by atoms with Gasteiger partial charge in [0.2, 0.25) is 0 Å². The van der Waals surface area contributed by atoms with Gasteiger partial charge in [0.05, 0.1) is 10.4 Å². The maximum absolute atomic E-state index is 6.90. The Hall–Kier alpha value is -6.68. The highest BCUT2D eigenvalue weighted by Gasteiger charge is 2.22. The third-order valence-corrected chi connectivity index (χ3v) is 11.9. The van der Waals surface area contributed by atoms with Crippen molar-refractivity contribution in [2.45, 2.75) is 0 Å². The lowest BCUT2D eigenvalue weighted by Gasteiger charge is -2.26. The number of furan rings is 1. The number of hydrogen-bond donors (Lipinski definition) is 0. The Kier molecular flexibility index (Phi) is 6.76. The first-order valence-electron chi connectivity index (χ1n) is 18.0. The Balaban J connectivity index is 1.17. The molecular weight excluding hydrogens is 663 g/mol. The SMILES string of the molecule is c1ccc(-c2ccc(N(c3ccc4oc5c(-c6cccc7ccccc67)c6ccccc6cc5c4c3)c3cccc4c3sc3ccccc34)cc2)cc1. The van der Waals surface area contributed by atoms with Gasteiger partial charge in [0.1, 0.15) is 11.2 Å². The molecule has 0 N–H and O–H groups in total. The summed E-state index contributed by atoms with van der Waals surface area (Å²) in [6.07, 6.45) is 0. The largest absolute Gasteiger partial charge is 0.455 e. The van der Waals surface area contributed by atoms with Gasteiger partial charge in [-0.3, -0.25) is 0 Å². The van der Waals surface area contributed by atoms with E-state index in [1.54, 1.807) is 0 Å². The van der Waals surface area contributed by atoms with Crippen LogP contribution < -0.4 is 4.90 Å². The Morgan fingerprint density at radius 2 is 1.08 bits per heavy atom. The lowest BCUT2D eigenvalue weighted by Crippen LogP contribution is -2.10. The van der Waals surface area contributed by atoms with E-state index in [9.17, 15) is 0 Å². The van der Waals surface area contributed by atoms with Gasteiger partial charge in [0.25, 0.3) is 0 Å². The third-order valence-electron chi connectivity index (χ3n) is 10.6. The van der Waals surface area contributed by atoms with E-state index in [4.69, 9.17) is 4.42 Å². The van der Waals surface area contributed by atoms with E-state index in [1.165, 1.54) is 58.4 Å². The van der Waals surface area contributed by atoms with Gasteiger partial charge in [-0.05, 0) is 86.8 Å². The second kappa shape index (κ2) is 11.9. The van der Waals surface area contributed by atoms with E-state index < -0.39 is 0 Å². The summed E-state index contributed by atoms with van der Waals surface area (Å²) in [5, 5.41) is 9.59. The van der Waals surface area contributed by atoms with Gasteiger partial charge in [0.15, 0.2) is 0 Å². The number of benzene rings is 9. The van der Waals surface area contributed by atoms with Gasteiger partial charge < -0.3 is 9.32 Å². The third kappa shape index (κ3) is 4.78. The van der Waals surface area contributed by atoms with Gasteiger partial charge in [0, 0.05) is 43.2 Å². The molecule has 11 aromatic rings. The fourth-order valence-electron chi connectivity index (χ4n) is 8.18. The fourth-order valence-corrected chi connectivity index (χ4v) is 9.39. The van der Waals surface area contributed by atoms with Crippen LogP contribution in [0.4, 0.5) is 17.1 Å². The van der Waals surface area contributed by atoms with Gasteiger partial charge in [-0.1, -0.05) is 140 Å².